The Morgan fingerprint density at radius 3 is 2.07 bits per heavy atom. The summed E-state index contributed by atoms with van der Waals surface area (Å²) in [5, 5.41) is 3.27. The molecule has 2 nitrogen and oxygen atoms in total. The summed E-state index contributed by atoms with van der Waals surface area (Å²) in [7, 11) is 0. The number of halogens is 2. The number of rotatable bonds is 4. The predicted molar refractivity (Wildman–Crippen MR) is 116 cm³/mol. The van der Waals surface area contributed by atoms with Crippen LogP contribution in [0.2, 0.25) is 0 Å². The van der Waals surface area contributed by atoms with E-state index in [2.05, 4.69) is 21.1 Å². The maximum absolute atomic E-state index is 14.5. The summed E-state index contributed by atoms with van der Waals surface area (Å²) in [5.74, 6) is -0.408. The van der Waals surface area contributed by atoms with Crippen LogP contribution in [0.15, 0.2) is 101 Å². The van der Waals surface area contributed by atoms with Crippen LogP contribution in [0.25, 0.3) is 33.4 Å². The zero-order valence-corrected chi connectivity index (χ0v) is 16.4. The van der Waals surface area contributed by atoms with Crippen molar-refractivity contribution in [3.63, 3.8) is 0 Å². The van der Waals surface area contributed by atoms with Gasteiger partial charge in [0.05, 0.1) is 0 Å². The molecule has 0 aliphatic heterocycles. The lowest BCUT2D eigenvalue weighted by Gasteiger charge is -2.13. The molecule has 4 rings (SSSR count). The molecule has 0 amide bonds. The van der Waals surface area contributed by atoms with Gasteiger partial charge < -0.3 is 0 Å². The Bertz CT molecular complexity index is 1140. The molecule has 0 aliphatic carbocycles. The normalized spacial score (nSPS) is 10.6. The van der Waals surface area contributed by atoms with Crippen LogP contribution < -0.4 is 0 Å². The summed E-state index contributed by atoms with van der Waals surface area (Å²) in [6.45, 7) is 0. The Balaban J connectivity index is 1.90. The van der Waals surface area contributed by atoms with Gasteiger partial charge in [0, 0.05) is 21.2 Å². The van der Waals surface area contributed by atoms with Crippen molar-refractivity contribution in [3.8, 4) is 33.4 Å². The summed E-state index contributed by atoms with van der Waals surface area (Å²) in [6.07, 6.45) is 0. The number of hydrogen-bond acceptors (Lipinski definition) is 2. The Labute approximate surface area is 170 Å². The van der Waals surface area contributed by atoms with Gasteiger partial charge in [-0.15, -0.1) is 4.91 Å². The molecule has 0 saturated carbocycles. The third kappa shape index (κ3) is 3.39. The maximum atomic E-state index is 14.5. The van der Waals surface area contributed by atoms with E-state index < -0.39 is 5.82 Å². The van der Waals surface area contributed by atoms with Crippen LogP contribution in [-0.2, 0) is 0 Å². The van der Waals surface area contributed by atoms with Gasteiger partial charge in [0.2, 0.25) is 0 Å². The third-order valence-corrected chi connectivity index (χ3v) is 5.30. The SMILES string of the molecule is O=Nc1c(-c2cccc(-c3ccccc3)c2)cccc1-c1c(F)cccc1Br. The predicted octanol–water partition coefficient (Wildman–Crippen LogP) is 7.99. The van der Waals surface area contributed by atoms with Crippen molar-refractivity contribution in [2.45, 2.75) is 0 Å². The van der Waals surface area contributed by atoms with Gasteiger partial charge in [-0.2, -0.15) is 0 Å². The molecule has 0 unspecified atom stereocenters. The summed E-state index contributed by atoms with van der Waals surface area (Å²) in [5.41, 5.74) is 4.65. The van der Waals surface area contributed by atoms with Gasteiger partial charge in [-0.25, -0.2) is 4.39 Å². The zero-order chi connectivity index (χ0) is 19.5. The number of nitroso groups, excluding NO2 is 1. The fraction of sp³-hybridized carbons (Fsp3) is 0. The molecule has 0 N–H and O–H groups in total. The maximum Gasteiger partial charge on any atom is 0.132 e. The second-order valence-electron chi connectivity index (χ2n) is 6.34. The average Bonchev–Trinajstić information content (AvgIpc) is 2.74. The number of benzene rings is 4. The van der Waals surface area contributed by atoms with Gasteiger partial charge in [-0.1, -0.05) is 88.7 Å². The second kappa shape index (κ2) is 7.87. The van der Waals surface area contributed by atoms with Crippen LogP contribution in [0.1, 0.15) is 0 Å². The molecule has 0 saturated heterocycles. The molecule has 0 heterocycles. The molecule has 4 heteroatoms. The molecule has 0 atom stereocenters. The van der Waals surface area contributed by atoms with E-state index in [0.717, 1.165) is 16.7 Å². The minimum absolute atomic E-state index is 0.221. The molecular weight excluding hydrogens is 417 g/mol. The highest BCUT2D eigenvalue weighted by molar-refractivity contribution is 9.10. The van der Waals surface area contributed by atoms with Crippen molar-refractivity contribution in [2.75, 3.05) is 0 Å². The van der Waals surface area contributed by atoms with Crippen molar-refractivity contribution >= 4 is 21.6 Å². The van der Waals surface area contributed by atoms with Gasteiger partial charge in [0.25, 0.3) is 0 Å². The van der Waals surface area contributed by atoms with Crippen molar-refractivity contribution in [3.05, 3.63) is 106 Å². The topological polar surface area (TPSA) is 29.4 Å². The summed E-state index contributed by atoms with van der Waals surface area (Å²) < 4.78 is 15.1. The van der Waals surface area contributed by atoms with E-state index in [-0.39, 0.29) is 5.69 Å². The van der Waals surface area contributed by atoms with E-state index >= 15 is 0 Å². The van der Waals surface area contributed by atoms with E-state index in [1.807, 2.05) is 66.7 Å². The van der Waals surface area contributed by atoms with Crippen LogP contribution in [0, 0.1) is 10.7 Å². The molecule has 0 aromatic heterocycles. The fourth-order valence-corrected chi connectivity index (χ4v) is 3.88. The Kier molecular flexibility index (Phi) is 5.13. The first-order chi connectivity index (χ1) is 13.7. The number of hydrogen-bond donors (Lipinski definition) is 0. The van der Waals surface area contributed by atoms with Crippen LogP contribution in [0.3, 0.4) is 0 Å². The first-order valence-electron chi connectivity index (χ1n) is 8.75. The standard InChI is InChI=1S/C24H15BrFNO/c25-21-13-6-14-22(26)23(21)20-12-5-11-19(24(20)27-28)18-10-4-9-17(15-18)16-7-2-1-3-8-16/h1-15H. The van der Waals surface area contributed by atoms with Gasteiger partial charge in [0.1, 0.15) is 11.5 Å². The van der Waals surface area contributed by atoms with Crippen LogP contribution in [0.5, 0.6) is 0 Å². The van der Waals surface area contributed by atoms with E-state index in [0.29, 0.717) is 21.2 Å². The molecule has 0 bridgehead atoms. The lowest BCUT2D eigenvalue weighted by Crippen LogP contribution is -1.89. The molecule has 4 aromatic rings. The molecule has 0 fully saturated rings. The smallest absolute Gasteiger partial charge is 0.132 e. The first kappa shape index (κ1) is 18.3. The number of nitrogens with zero attached hydrogens (tertiary/aromatic N) is 1. The molecule has 4 aromatic carbocycles. The Morgan fingerprint density at radius 2 is 1.32 bits per heavy atom. The van der Waals surface area contributed by atoms with Crippen molar-refractivity contribution < 1.29 is 4.39 Å². The minimum Gasteiger partial charge on any atom is -0.206 e. The lowest BCUT2D eigenvalue weighted by molar-refractivity contribution is 0.630. The van der Waals surface area contributed by atoms with Crippen LogP contribution in [0.4, 0.5) is 10.1 Å². The molecular formula is C24H15BrFNO. The molecule has 28 heavy (non-hydrogen) atoms. The fourth-order valence-electron chi connectivity index (χ4n) is 3.33. The van der Waals surface area contributed by atoms with E-state index in [9.17, 15) is 9.30 Å². The zero-order valence-electron chi connectivity index (χ0n) is 14.8. The Hall–Kier alpha value is -3.11. The highest BCUT2D eigenvalue weighted by atomic mass is 79.9. The average molecular weight is 432 g/mol. The third-order valence-electron chi connectivity index (χ3n) is 4.64. The summed E-state index contributed by atoms with van der Waals surface area (Å²) in [6, 6.07) is 28.0. The van der Waals surface area contributed by atoms with Crippen LogP contribution >= 0.6 is 15.9 Å². The minimum atomic E-state index is -0.408. The van der Waals surface area contributed by atoms with Crippen molar-refractivity contribution in [2.24, 2.45) is 5.18 Å². The van der Waals surface area contributed by atoms with Gasteiger partial charge in [-0.05, 0) is 40.1 Å². The molecule has 0 spiro atoms. The van der Waals surface area contributed by atoms with Gasteiger partial charge in [0.15, 0.2) is 0 Å². The van der Waals surface area contributed by atoms with E-state index in [1.54, 1.807) is 18.2 Å². The van der Waals surface area contributed by atoms with Gasteiger partial charge >= 0.3 is 0 Å². The summed E-state index contributed by atoms with van der Waals surface area (Å²) >= 11 is 3.39. The van der Waals surface area contributed by atoms with E-state index in [4.69, 9.17) is 0 Å². The first-order valence-corrected chi connectivity index (χ1v) is 9.55. The largest absolute Gasteiger partial charge is 0.206 e. The van der Waals surface area contributed by atoms with Crippen molar-refractivity contribution in [1.82, 2.24) is 0 Å². The van der Waals surface area contributed by atoms with E-state index in [1.165, 1.54) is 6.07 Å². The quantitative estimate of drug-likeness (QED) is 0.301. The lowest BCUT2D eigenvalue weighted by atomic mass is 9.94. The summed E-state index contributed by atoms with van der Waals surface area (Å²) in [4.78, 5) is 11.8. The second-order valence-corrected chi connectivity index (χ2v) is 7.19. The highest BCUT2D eigenvalue weighted by Crippen LogP contribution is 2.43. The van der Waals surface area contributed by atoms with Crippen molar-refractivity contribution in [1.29, 1.82) is 0 Å². The Morgan fingerprint density at radius 1 is 0.679 bits per heavy atom. The van der Waals surface area contributed by atoms with Gasteiger partial charge in [-0.3, -0.25) is 0 Å². The van der Waals surface area contributed by atoms with Crippen LogP contribution in [-0.4, -0.2) is 0 Å². The highest BCUT2D eigenvalue weighted by Gasteiger charge is 2.18. The monoisotopic (exact) mass is 431 g/mol. The molecule has 136 valence electrons. The molecule has 0 radical (unpaired) electrons. The molecule has 0 aliphatic rings.